The molecule has 5 aromatic rings. The van der Waals surface area contributed by atoms with Crippen molar-refractivity contribution in [3.63, 3.8) is 0 Å². The van der Waals surface area contributed by atoms with Gasteiger partial charge in [0.1, 0.15) is 5.70 Å². The van der Waals surface area contributed by atoms with Crippen molar-refractivity contribution >= 4 is 49.9 Å². The third kappa shape index (κ3) is 5.79. The average Bonchev–Trinajstić information content (AvgIpc) is 3.54. The quantitative estimate of drug-likeness (QED) is 0.231. The zero-order valence-corrected chi connectivity index (χ0v) is 23.8. The van der Waals surface area contributed by atoms with Crippen LogP contribution in [0.25, 0.3) is 27.9 Å². The predicted octanol–water partition coefficient (Wildman–Crippen LogP) is 4.22. The lowest BCUT2D eigenvalue weighted by Crippen LogP contribution is -2.35. The van der Waals surface area contributed by atoms with Crippen molar-refractivity contribution < 1.29 is 18.0 Å². The number of amides is 2. The van der Waals surface area contributed by atoms with Gasteiger partial charge < -0.3 is 15.6 Å². The van der Waals surface area contributed by atoms with Gasteiger partial charge in [-0.1, -0.05) is 48.0 Å². The van der Waals surface area contributed by atoms with Crippen LogP contribution in [0.4, 0.5) is 0 Å². The van der Waals surface area contributed by atoms with E-state index in [1.807, 2.05) is 25.3 Å². The highest BCUT2D eigenvalue weighted by Gasteiger charge is 2.22. The summed E-state index contributed by atoms with van der Waals surface area (Å²) < 4.78 is 28.3. The molecule has 3 aromatic carbocycles. The van der Waals surface area contributed by atoms with E-state index in [0.29, 0.717) is 35.0 Å². The standard InChI is InChI=1S/C31H31N5O4S/c1-21-13-14-27-26(17-21)23(19-33-27)15-16-32-31(38)28(34-30(37)22-9-5-4-6-10-22)18-24-20-36(41(39,40)35(2)3)29-12-8-7-11-25(24)29/h4-14,17-20,33H,15-16H2,1-3H3,(H,32,38)(H,34,37). The van der Waals surface area contributed by atoms with E-state index < -0.39 is 22.0 Å². The Labute approximate surface area is 238 Å². The summed E-state index contributed by atoms with van der Waals surface area (Å²) in [7, 11) is -0.931. The molecule has 5 rings (SSSR count). The van der Waals surface area contributed by atoms with Gasteiger partial charge in [0.25, 0.3) is 11.8 Å². The summed E-state index contributed by atoms with van der Waals surface area (Å²) >= 11 is 0. The number of H-pyrrole nitrogens is 1. The lowest BCUT2D eigenvalue weighted by atomic mass is 10.1. The average molecular weight is 570 g/mol. The molecule has 0 atom stereocenters. The summed E-state index contributed by atoms with van der Waals surface area (Å²) in [6, 6.07) is 21.7. The molecule has 41 heavy (non-hydrogen) atoms. The molecule has 210 valence electrons. The first kappa shape index (κ1) is 27.9. The molecule has 0 saturated carbocycles. The number of para-hydroxylation sites is 1. The topological polar surface area (TPSA) is 116 Å². The van der Waals surface area contributed by atoms with Gasteiger partial charge in [0.15, 0.2) is 0 Å². The van der Waals surface area contributed by atoms with E-state index in [1.165, 1.54) is 30.3 Å². The summed E-state index contributed by atoms with van der Waals surface area (Å²) in [5.41, 5.74) is 4.55. The van der Waals surface area contributed by atoms with Crippen molar-refractivity contribution in [2.24, 2.45) is 0 Å². The SMILES string of the molecule is Cc1ccc2[nH]cc(CCNC(=O)C(=Cc3cn(S(=O)(=O)N(C)C)c4ccccc34)NC(=O)c3ccccc3)c2c1. The Morgan fingerprint density at radius 2 is 1.71 bits per heavy atom. The minimum atomic E-state index is -3.84. The van der Waals surface area contributed by atoms with Gasteiger partial charge in [-0.05, 0) is 55.3 Å². The van der Waals surface area contributed by atoms with Crippen LogP contribution in [-0.4, -0.2) is 54.1 Å². The van der Waals surface area contributed by atoms with Crippen molar-refractivity contribution in [2.75, 3.05) is 20.6 Å². The predicted molar refractivity (Wildman–Crippen MR) is 162 cm³/mol. The summed E-state index contributed by atoms with van der Waals surface area (Å²) in [6.07, 6.45) is 5.48. The molecule has 2 amide bonds. The molecular formula is C31H31N5O4S. The molecule has 0 bridgehead atoms. The Hall–Kier alpha value is -4.67. The number of benzene rings is 3. The molecular weight excluding hydrogens is 538 g/mol. The van der Waals surface area contributed by atoms with Crippen molar-refractivity contribution in [3.8, 4) is 0 Å². The number of aromatic amines is 1. The molecule has 0 fully saturated rings. The monoisotopic (exact) mass is 569 g/mol. The highest BCUT2D eigenvalue weighted by molar-refractivity contribution is 7.87. The minimum absolute atomic E-state index is 0.00113. The first-order valence-corrected chi connectivity index (χ1v) is 14.5. The second kappa shape index (κ2) is 11.4. The summed E-state index contributed by atoms with van der Waals surface area (Å²) in [6.45, 7) is 2.36. The highest BCUT2D eigenvalue weighted by Crippen LogP contribution is 2.26. The van der Waals surface area contributed by atoms with E-state index >= 15 is 0 Å². The lowest BCUT2D eigenvalue weighted by molar-refractivity contribution is -0.117. The number of hydrogen-bond donors (Lipinski definition) is 3. The fourth-order valence-electron chi connectivity index (χ4n) is 4.66. The molecule has 0 aliphatic carbocycles. The van der Waals surface area contributed by atoms with Crippen molar-refractivity contribution in [1.82, 2.24) is 23.9 Å². The van der Waals surface area contributed by atoms with Crippen molar-refractivity contribution in [3.05, 3.63) is 113 Å². The van der Waals surface area contributed by atoms with E-state index in [9.17, 15) is 18.0 Å². The number of carbonyl (C=O) groups excluding carboxylic acids is 2. The summed E-state index contributed by atoms with van der Waals surface area (Å²) in [5.74, 6) is -0.943. The molecule has 2 heterocycles. The van der Waals surface area contributed by atoms with E-state index in [4.69, 9.17) is 0 Å². The zero-order valence-electron chi connectivity index (χ0n) is 23.0. The van der Waals surface area contributed by atoms with Gasteiger partial charge in [0, 0.05) is 60.4 Å². The number of nitrogens with one attached hydrogen (secondary N) is 3. The zero-order chi connectivity index (χ0) is 29.1. The number of hydrogen-bond acceptors (Lipinski definition) is 4. The number of aryl methyl sites for hydroxylation is 1. The van der Waals surface area contributed by atoms with Crippen LogP contribution >= 0.6 is 0 Å². The first-order chi connectivity index (χ1) is 19.6. The van der Waals surface area contributed by atoms with Crippen molar-refractivity contribution in [2.45, 2.75) is 13.3 Å². The maximum Gasteiger partial charge on any atom is 0.307 e. The first-order valence-electron chi connectivity index (χ1n) is 13.1. The fourth-order valence-corrected chi connectivity index (χ4v) is 5.67. The Kier molecular flexibility index (Phi) is 7.78. The molecule has 3 N–H and O–H groups in total. The van der Waals surface area contributed by atoms with Crippen LogP contribution in [0.2, 0.25) is 0 Å². The summed E-state index contributed by atoms with van der Waals surface area (Å²) in [5, 5.41) is 7.36. The Balaban J connectivity index is 1.47. The smallest absolute Gasteiger partial charge is 0.307 e. The lowest BCUT2D eigenvalue weighted by Gasteiger charge is -2.13. The van der Waals surface area contributed by atoms with Crippen LogP contribution in [0.5, 0.6) is 0 Å². The highest BCUT2D eigenvalue weighted by atomic mass is 32.2. The van der Waals surface area contributed by atoms with Crippen LogP contribution in [0.15, 0.2) is 90.9 Å². The van der Waals surface area contributed by atoms with E-state index in [0.717, 1.165) is 26.3 Å². The van der Waals surface area contributed by atoms with E-state index in [2.05, 4.69) is 21.7 Å². The van der Waals surface area contributed by atoms with E-state index in [1.54, 1.807) is 54.6 Å². The fraction of sp³-hybridized carbons (Fsp3) is 0.161. The molecule has 0 aliphatic rings. The molecule has 0 aliphatic heterocycles. The van der Waals surface area contributed by atoms with Gasteiger partial charge in [-0.2, -0.15) is 12.7 Å². The number of carbonyl (C=O) groups is 2. The minimum Gasteiger partial charge on any atom is -0.361 e. The van der Waals surface area contributed by atoms with Gasteiger partial charge in [-0.3, -0.25) is 9.59 Å². The van der Waals surface area contributed by atoms with Crippen LogP contribution in [-0.2, 0) is 21.4 Å². The third-order valence-electron chi connectivity index (χ3n) is 6.85. The largest absolute Gasteiger partial charge is 0.361 e. The van der Waals surface area contributed by atoms with Gasteiger partial charge in [0.2, 0.25) is 0 Å². The number of nitrogens with zero attached hydrogens (tertiary/aromatic N) is 2. The van der Waals surface area contributed by atoms with Gasteiger partial charge in [-0.15, -0.1) is 0 Å². The Morgan fingerprint density at radius 3 is 2.46 bits per heavy atom. The molecule has 2 aromatic heterocycles. The summed E-state index contributed by atoms with van der Waals surface area (Å²) in [4.78, 5) is 29.8. The second-order valence-electron chi connectivity index (χ2n) is 9.93. The molecule has 0 spiro atoms. The van der Waals surface area contributed by atoms with Crippen LogP contribution in [0.1, 0.15) is 27.0 Å². The van der Waals surface area contributed by atoms with Crippen LogP contribution < -0.4 is 10.6 Å². The number of rotatable bonds is 9. The maximum atomic E-state index is 13.5. The van der Waals surface area contributed by atoms with Gasteiger partial charge >= 0.3 is 10.2 Å². The van der Waals surface area contributed by atoms with Crippen LogP contribution in [0, 0.1) is 6.92 Å². The maximum absolute atomic E-state index is 13.5. The van der Waals surface area contributed by atoms with Crippen LogP contribution in [0.3, 0.4) is 0 Å². The molecule has 0 radical (unpaired) electrons. The second-order valence-corrected chi connectivity index (χ2v) is 12.0. The molecule has 9 nitrogen and oxygen atoms in total. The number of fused-ring (bicyclic) bond motifs is 2. The molecule has 0 saturated heterocycles. The molecule has 10 heteroatoms. The van der Waals surface area contributed by atoms with Gasteiger partial charge in [-0.25, -0.2) is 3.97 Å². The molecule has 0 unspecified atom stereocenters. The van der Waals surface area contributed by atoms with E-state index in [-0.39, 0.29) is 5.70 Å². The number of aromatic nitrogens is 2. The Morgan fingerprint density at radius 1 is 0.976 bits per heavy atom. The van der Waals surface area contributed by atoms with Gasteiger partial charge in [0.05, 0.1) is 5.52 Å². The Bertz CT molecular complexity index is 1890. The normalized spacial score (nSPS) is 12.2. The van der Waals surface area contributed by atoms with Crippen molar-refractivity contribution in [1.29, 1.82) is 0 Å². The third-order valence-corrected chi connectivity index (χ3v) is 8.57.